The maximum Gasteiger partial charge on any atom is 0.277 e. The van der Waals surface area contributed by atoms with E-state index in [1.807, 2.05) is 0 Å². The molecule has 1 heterocycles. The smallest absolute Gasteiger partial charge is 0.277 e. The molecule has 26 heavy (non-hydrogen) atoms. The molecule has 1 N–H and O–H groups in total. The zero-order valence-corrected chi connectivity index (χ0v) is 14.5. The first kappa shape index (κ1) is 17.8. The number of hydrogen-bond donors (Lipinski definition) is 1. The number of carbonyl (C=O) groups excluding carboxylic acids is 2. The van der Waals surface area contributed by atoms with E-state index < -0.39 is 0 Å². The Labute approximate surface area is 152 Å². The summed E-state index contributed by atoms with van der Waals surface area (Å²) < 4.78 is 18.4. The minimum Gasteiger partial charge on any atom is -0.411 e. The van der Waals surface area contributed by atoms with Crippen LogP contribution in [-0.4, -0.2) is 27.6 Å². The zero-order chi connectivity index (χ0) is 18.5. The normalized spacial score (nSPS) is 10.5. The van der Waals surface area contributed by atoms with Crippen molar-refractivity contribution in [1.29, 1.82) is 0 Å². The van der Waals surface area contributed by atoms with Crippen molar-refractivity contribution < 1.29 is 18.4 Å². The minimum atomic E-state index is -0.351. The highest BCUT2D eigenvalue weighted by atomic mass is 32.2. The van der Waals surface area contributed by atoms with Crippen molar-refractivity contribution in [2.24, 2.45) is 0 Å². The Balaban J connectivity index is 1.54. The van der Waals surface area contributed by atoms with Crippen LogP contribution < -0.4 is 5.32 Å². The van der Waals surface area contributed by atoms with Gasteiger partial charge in [0.05, 0.1) is 5.75 Å². The summed E-state index contributed by atoms with van der Waals surface area (Å²) in [5.74, 6) is -0.290. The molecule has 0 aliphatic carbocycles. The van der Waals surface area contributed by atoms with Crippen LogP contribution in [0, 0.1) is 5.82 Å². The first-order valence-corrected chi connectivity index (χ1v) is 8.63. The molecular weight excluding hydrogens is 357 g/mol. The molecule has 0 bridgehead atoms. The number of halogens is 1. The molecule has 0 aliphatic rings. The number of rotatable bonds is 6. The zero-order valence-electron chi connectivity index (χ0n) is 13.7. The van der Waals surface area contributed by atoms with Gasteiger partial charge in [-0.05, 0) is 55.5 Å². The number of nitrogens with one attached hydrogen (secondary N) is 1. The number of carbonyl (C=O) groups is 2. The van der Waals surface area contributed by atoms with Crippen molar-refractivity contribution in [2.45, 2.75) is 12.1 Å². The second kappa shape index (κ2) is 7.92. The molecule has 0 fully saturated rings. The fourth-order valence-electron chi connectivity index (χ4n) is 2.09. The number of thioether (sulfide) groups is 1. The average molecular weight is 371 g/mol. The van der Waals surface area contributed by atoms with E-state index in [4.69, 9.17) is 4.42 Å². The average Bonchev–Trinajstić information content (AvgIpc) is 3.10. The number of hydrogen-bond acceptors (Lipinski definition) is 6. The van der Waals surface area contributed by atoms with Gasteiger partial charge < -0.3 is 9.73 Å². The van der Waals surface area contributed by atoms with Crippen LogP contribution in [0.2, 0.25) is 0 Å². The predicted molar refractivity (Wildman–Crippen MR) is 95.5 cm³/mol. The minimum absolute atomic E-state index is 0.0354. The van der Waals surface area contributed by atoms with Gasteiger partial charge in [-0.1, -0.05) is 11.8 Å². The first-order chi connectivity index (χ1) is 12.5. The van der Waals surface area contributed by atoms with E-state index in [2.05, 4.69) is 15.5 Å². The molecule has 0 saturated heterocycles. The predicted octanol–water partition coefficient (Wildman–Crippen LogP) is 3.81. The monoisotopic (exact) mass is 371 g/mol. The molecule has 132 valence electrons. The lowest BCUT2D eigenvalue weighted by molar-refractivity contribution is -0.113. The maximum absolute atomic E-state index is 12.9. The summed E-state index contributed by atoms with van der Waals surface area (Å²) in [6.45, 7) is 1.48. The summed E-state index contributed by atoms with van der Waals surface area (Å²) in [4.78, 5) is 23.2. The SMILES string of the molecule is CC(=O)c1ccc(NC(=O)CSc2nnc(-c3ccc(F)cc3)o2)cc1. The molecule has 0 atom stereocenters. The highest BCUT2D eigenvalue weighted by Gasteiger charge is 2.11. The number of anilines is 1. The molecule has 3 rings (SSSR count). The van der Waals surface area contributed by atoms with Gasteiger partial charge in [0.15, 0.2) is 5.78 Å². The number of aromatic nitrogens is 2. The molecule has 0 saturated carbocycles. The first-order valence-electron chi connectivity index (χ1n) is 7.64. The third kappa shape index (κ3) is 4.54. The molecule has 3 aromatic rings. The number of benzene rings is 2. The van der Waals surface area contributed by atoms with Crippen LogP contribution in [0.15, 0.2) is 58.2 Å². The van der Waals surface area contributed by atoms with Crippen molar-refractivity contribution in [3.05, 3.63) is 59.9 Å². The van der Waals surface area contributed by atoms with E-state index in [1.165, 1.54) is 31.2 Å². The Morgan fingerprint density at radius 1 is 1.08 bits per heavy atom. The van der Waals surface area contributed by atoms with Crippen LogP contribution in [-0.2, 0) is 4.79 Å². The summed E-state index contributed by atoms with van der Waals surface area (Å²) in [5.41, 5.74) is 1.77. The highest BCUT2D eigenvalue weighted by Crippen LogP contribution is 2.23. The Kier molecular flexibility index (Phi) is 5.43. The molecule has 2 aromatic carbocycles. The van der Waals surface area contributed by atoms with E-state index in [0.717, 1.165) is 11.8 Å². The van der Waals surface area contributed by atoms with Crippen LogP contribution in [0.5, 0.6) is 0 Å². The maximum atomic E-state index is 12.9. The molecule has 6 nitrogen and oxygen atoms in total. The third-order valence-corrected chi connectivity index (χ3v) is 4.22. The Bertz CT molecular complexity index is 924. The largest absolute Gasteiger partial charge is 0.411 e. The lowest BCUT2D eigenvalue weighted by Crippen LogP contribution is -2.14. The van der Waals surface area contributed by atoms with Crippen molar-refractivity contribution in [1.82, 2.24) is 10.2 Å². The van der Waals surface area contributed by atoms with Gasteiger partial charge in [0, 0.05) is 16.8 Å². The Morgan fingerprint density at radius 2 is 1.77 bits per heavy atom. The molecule has 0 spiro atoms. The lowest BCUT2D eigenvalue weighted by Gasteiger charge is -2.04. The lowest BCUT2D eigenvalue weighted by atomic mass is 10.1. The van der Waals surface area contributed by atoms with Gasteiger partial charge in [-0.25, -0.2) is 4.39 Å². The molecule has 0 aliphatic heterocycles. The van der Waals surface area contributed by atoms with E-state index in [-0.39, 0.29) is 34.4 Å². The second-order valence-corrected chi connectivity index (χ2v) is 6.28. The fourth-order valence-corrected chi connectivity index (χ4v) is 2.65. The number of nitrogens with zero attached hydrogens (tertiary/aromatic N) is 2. The fraction of sp³-hybridized carbons (Fsp3) is 0.111. The van der Waals surface area contributed by atoms with Crippen molar-refractivity contribution in [2.75, 3.05) is 11.1 Å². The summed E-state index contributed by atoms with van der Waals surface area (Å²) in [6.07, 6.45) is 0. The van der Waals surface area contributed by atoms with Gasteiger partial charge in [0.2, 0.25) is 11.8 Å². The van der Waals surface area contributed by atoms with Gasteiger partial charge in [0.1, 0.15) is 5.82 Å². The van der Waals surface area contributed by atoms with Crippen LogP contribution in [0.4, 0.5) is 10.1 Å². The summed E-state index contributed by atoms with van der Waals surface area (Å²) >= 11 is 1.09. The summed E-state index contributed by atoms with van der Waals surface area (Å²) in [7, 11) is 0. The van der Waals surface area contributed by atoms with Crippen LogP contribution in [0.1, 0.15) is 17.3 Å². The quantitative estimate of drug-likeness (QED) is 0.524. The van der Waals surface area contributed by atoms with Crippen molar-refractivity contribution in [3.63, 3.8) is 0 Å². The van der Waals surface area contributed by atoms with Gasteiger partial charge in [0.25, 0.3) is 5.22 Å². The van der Waals surface area contributed by atoms with Crippen LogP contribution in [0.3, 0.4) is 0 Å². The van der Waals surface area contributed by atoms with Crippen LogP contribution in [0.25, 0.3) is 11.5 Å². The molecule has 0 unspecified atom stereocenters. The van der Waals surface area contributed by atoms with E-state index in [1.54, 1.807) is 24.3 Å². The number of Topliss-reactive ketones (excluding diaryl/α,β-unsaturated/α-hetero) is 1. The van der Waals surface area contributed by atoms with E-state index in [9.17, 15) is 14.0 Å². The molecule has 1 aromatic heterocycles. The van der Waals surface area contributed by atoms with Gasteiger partial charge in [-0.3, -0.25) is 9.59 Å². The summed E-state index contributed by atoms with van der Waals surface area (Å²) in [6, 6.07) is 12.3. The molecular formula is C18H14FN3O3S. The number of ketones is 1. The second-order valence-electron chi connectivity index (χ2n) is 5.35. The van der Waals surface area contributed by atoms with Crippen molar-refractivity contribution in [3.8, 4) is 11.5 Å². The topological polar surface area (TPSA) is 85.1 Å². The Hall–Kier alpha value is -3.00. The van der Waals surface area contributed by atoms with Gasteiger partial charge in [-0.15, -0.1) is 10.2 Å². The van der Waals surface area contributed by atoms with Gasteiger partial charge >= 0.3 is 0 Å². The standard InChI is InChI=1S/C18H14FN3O3S/c1-11(23)12-4-8-15(9-5-12)20-16(24)10-26-18-22-21-17(25-18)13-2-6-14(19)7-3-13/h2-9H,10H2,1H3,(H,20,24). The number of amides is 1. The van der Waals surface area contributed by atoms with Crippen molar-refractivity contribution >= 4 is 29.1 Å². The molecule has 0 radical (unpaired) electrons. The highest BCUT2D eigenvalue weighted by molar-refractivity contribution is 7.99. The van der Waals surface area contributed by atoms with Gasteiger partial charge in [-0.2, -0.15) is 0 Å². The molecule has 1 amide bonds. The third-order valence-electron chi connectivity index (χ3n) is 3.40. The van der Waals surface area contributed by atoms with Crippen LogP contribution >= 0.6 is 11.8 Å². The van der Waals surface area contributed by atoms with E-state index >= 15 is 0 Å². The summed E-state index contributed by atoms with van der Waals surface area (Å²) in [5, 5.41) is 10.7. The Morgan fingerprint density at radius 3 is 2.42 bits per heavy atom. The van der Waals surface area contributed by atoms with E-state index in [0.29, 0.717) is 16.8 Å². The molecule has 8 heteroatoms.